The highest BCUT2D eigenvalue weighted by Crippen LogP contribution is 2.21. The molecule has 0 amide bonds. The molecule has 0 spiro atoms. The van der Waals surface area contributed by atoms with Crippen LogP contribution in [0.2, 0.25) is 0 Å². The van der Waals surface area contributed by atoms with Crippen LogP contribution >= 0.6 is 0 Å². The van der Waals surface area contributed by atoms with E-state index in [0.29, 0.717) is 6.61 Å². The average Bonchev–Trinajstić information content (AvgIpc) is 3.07. The van der Waals surface area contributed by atoms with Crippen molar-refractivity contribution in [2.24, 2.45) is 0 Å². The third-order valence-corrected chi connectivity index (χ3v) is 5.62. The summed E-state index contributed by atoms with van der Waals surface area (Å²) in [5.74, 6) is 2.07. The Morgan fingerprint density at radius 2 is 1.62 bits per heavy atom. The summed E-state index contributed by atoms with van der Waals surface area (Å²) < 4.78 is 8.35. The fourth-order valence-electron chi connectivity index (χ4n) is 3.71. The molecule has 0 fully saturated rings. The van der Waals surface area contributed by atoms with Crippen molar-refractivity contribution in [1.82, 2.24) is 9.55 Å². The van der Waals surface area contributed by atoms with Gasteiger partial charge in [-0.1, -0.05) is 42.5 Å². The van der Waals surface area contributed by atoms with Crippen molar-refractivity contribution in [3.8, 4) is 5.75 Å². The highest BCUT2D eigenvalue weighted by Gasteiger charge is 2.12. The first kappa shape index (κ1) is 19.3. The molecule has 0 aliphatic heterocycles. The van der Waals surface area contributed by atoms with Crippen LogP contribution in [-0.2, 0) is 13.0 Å². The van der Waals surface area contributed by atoms with Gasteiger partial charge < -0.3 is 9.30 Å². The summed E-state index contributed by atoms with van der Waals surface area (Å²) in [5, 5.41) is 0. The molecular weight excluding hydrogens is 356 g/mol. The van der Waals surface area contributed by atoms with Crippen molar-refractivity contribution in [3.63, 3.8) is 0 Å². The van der Waals surface area contributed by atoms with Crippen molar-refractivity contribution in [1.29, 1.82) is 0 Å². The van der Waals surface area contributed by atoms with Crippen LogP contribution in [0.15, 0.2) is 66.7 Å². The van der Waals surface area contributed by atoms with E-state index in [-0.39, 0.29) is 0 Å². The average molecular weight is 385 g/mol. The minimum absolute atomic E-state index is 0.693. The number of hydrogen-bond donors (Lipinski definition) is 0. The molecule has 0 aliphatic carbocycles. The predicted octanol–water partition coefficient (Wildman–Crippen LogP) is 6.02. The summed E-state index contributed by atoms with van der Waals surface area (Å²) in [4.78, 5) is 4.93. The minimum Gasteiger partial charge on any atom is -0.494 e. The second-order valence-electron chi connectivity index (χ2n) is 7.72. The maximum atomic E-state index is 6.00. The molecule has 0 aliphatic rings. The number of rotatable bonds is 7. The number of nitrogens with zero attached hydrogens (tertiary/aromatic N) is 2. The molecule has 0 saturated carbocycles. The molecule has 0 atom stereocenters. The summed E-state index contributed by atoms with van der Waals surface area (Å²) in [6, 6.07) is 23.2. The molecule has 0 unspecified atom stereocenters. The Hall–Kier alpha value is -3.07. The van der Waals surface area contributed by atoms with E-state index in [4.69, 9.17) is 9.72 Å². The zero-order valence-corrected chi connectivity index (χ0v) is 17.5. The van der Waals surface area contributed by atoms with Gasteiger partial charge in [0.25, 0.3) is 0 Å². The summed E-state index contributed by atoms with van der Waals surface area (Å²) in [6.07, 6.45) is 1.79. The molecule has 0 N–H and O–H groups in total. The first-order valence-electron chi connectivity index (χ1n) is 10.3. The van der Waals surface area contributed by atoms with Crippen molar-refractivity contribution in [2.75, 3.05) is 6.61 Å². The molecule has 148 valence electrons. The summed E-state index contributed by atoms with van der Waals surface area (Å²) >= 11 is 0. The molecule has 4 aromatic rings. The van der Waals surface area contributed by atoms with Crippen LogP contribution < -0.4 is 4.74 Å². The van der Waals surface area contributed by atoms with E-state index in [1.54, 1.807) is 0 Å². The smallest absolute Gasteiger partial charge is 0.119 e. The molecule has 29 heavy (non-hydrogen) atoms. The van der Waals surface area contributed by atoms with Gasteiger partial charge in [-0.25, -0.2) is 4.98 Å². The van der Waals surface area contributed by atoms with E-state index in [1.807, 2.05) is 0 Å². The minimum atomic E-state index is 0.693. The Morgan fingerprint density at radius 3 is 2.45 bits per heavy atom. The fourth-order valence-corrected chi connectivity index (χ4v) is 3.71. The van der Waals surface area contributed by atoms with E-state index >= 15 is 0 Å². The van der Waals surface area contributed by atoms with Gasteiger partial charge in [-0.15, -0.1) is 0 Å². The highest BCUT2D eigenvalue weighted by molar-refractivity contribution is 5.76. The third kappa shape index (κ3) is 4.34. The monoisotopic (exact) mass is 384 g/mol. The number of aromatic nitrogens is 2. The maximum absolute atomic E-state index is 6.00. The van der Waals surface area contributed by atoms with Gasteiger partial charge in [-0.05, 0) is 73.7 Å². The summed E-state index contributed by atoms with van der Waals surface area (Å²) in [7, 11) is 0. The first-order chi connectivity index (χ1) is 14.1. The molecule has 1 heterocycles. The van der Waals surface area contributed by atoms with E-state index in [2.05, 4.69) is 92.1 Å². The zero-order valence-electron chi connectivity index (χ0n) is 17.5. The molecule has 0 radical (unpaired) electrons. The van der Waals surface area contributed by atoms with Crippen LogP contribution in [0.3, 0.4) is 0 Å². The van der Waals surface area contributed by atoms with Crippen molar-refractivity contribution >= 4 is 11.0 Å². The van der Waals surface area contributed by atoms with E-state index < -0.39 is 0 Å². The van der Waals surface area contributed by atoms with Crippen LogP contribution in [-0.4, -0.2) is 16.2 Å². The van der Waals surface area contributed by atoms with Crippen molar-refractivity contribution in [3.05, 3.63) is 94.8 Å². The zero-order chi connectivity index (χ0) is 20.2. The Bertz CT molecular complexity index is 1130. The largest absolute Gasteiger partial charge is 0.494 e. The standard InChI is InChI=1S/C26H28N2O/c1-19-13-14-23(17-21(19)3)29-16-8-15-28-25-12-7-6-11-24(25)27-26(28)18-22-10-5-4-9-20(22)2/h4-7,9-14,17H,8,15-16,18H2,1-3H3. The third-order valence-electron chi connectivity index (χ3n) is 5.62. The second kappa shape index (κ2) is 8.52. The number of benzene rings is 3. The lowest BCUT2D eigenvalue weighted by Gasteiger charge is -2.12. The van der Waals surface area contributed by atoms with Crippen LogP contribution in [0.25, 0.3) is 11.0 Å². The Labute approximate surface area is 173 Å². The predicted molar refractivity (Wildman–Crippen MR) is 120 cm³/mol. The lowest BCUT2D eigenvalue weighted by atomic mass is 10.1. The number of hydrogen-bond acceptors (Lipinski definition) is 2. The van der Waals surface area contributed by atoms with Gasteiger partial charge in [0.05, 0.1) is 17.6 Å². The van der Waals surface area contributed by atoms with Gasteiger partial charge in [-0.2, -0.15) is 0 Å². The number of fused-ring (bicyclic) bond motifs is 1. The molecule has 4 rings (SSSR count). The van der Waals surface area contributed by atoms with Crippen LogP contribution in [0.5, 0.6) is 5.75 Å². The van der Waals surface area contributed by atoms with Crippen LogP contribution in [0.1, 0.15) is 34.5 Å². The number of para-hydroxylation sites is 2. The molecule has 3 nitrogen and oxygen atoms in total. The maximum Gasteiger partial charge on any atom is 0.119 e. The first-order valence-corrected chi connectivity index (χ1v) is 10.3. The normalized spacial score (nSPS) is 11.1. The van der Waals surface area contributed by atoms with Crippen molar-refractivity contribution < 1.29 is 4.74 Å². The second-order valence-corrected chi connectivity index (χ2v) is 7.72. The van der Waals surface area contributed by atoms with E-state index in [1.165, 1.54) is 27.8 Å². The Balaban J connectivity index is 1.49. The van der Waals surface area contributed by atoms with Gasteiger partial charge in [0.2, 0.25) is 0 Å². The topological polar surface area (TPSA) is 27.1 Å². The van der Waals surface area contributed by atoms with Gasteiger partial charge in [0.15, 0.2) is 0 Å². The lowest BCUT2D eigenvalue weighted by Crippen LogP contribution is -2.09. The molecule has 3 aromatic carbocycles. The summed E-state index contributed by atoms with van der Waals surface area (Å²) in [6.45, 7) is 8.00. The van der Waals surface area contributed by atoms with Crippen LogP contribution in [0.4, 0.5) is 0 Å². The molecule has 0 saturated heterocycles. The molecule has 3 heteroatoms. The molecule has 1 aromatic heterocycles. The van der Waals surface area contributed by atoms with Gasteiger partial charge in [0, 0.05) is 13.0 Å². The lowest BCUT2D eigenvalue weighted by molar-refractivity contribution is 0.301. The SMILES string of the molecule is Cc1ccc(OCCCn2c(Cc3ccccc3C)nc3ccccc32)cc1C. The van der Waals surface area contributed by atoms with Gasteiger partial charge >= 0.3 is 0 Å². The molecule has 0 bridgehead atoms. The van der Waals surface area contributed by atoms with E-state index in [9.17, 15) is 0 Å². The quantitative estimate of drug-likeness (QED) is 0.364. The van der Waals surface area contributed by atoms with Crippen molar-refractivity contribution in [2.45, 2.75) is 40.2 Å². The van der Waals surface area contributed by atoms with E-state index in [0.717, 1.165) is 36.5 Å². The van der Waals surface area contributed by atoms with Gasteiger partial charge in [-0.3, -0.25) is 0 Å². The van der Waals surface area contributed by atoms with Gasteiger partial charge in [0.1, 0.15) is 11.6 Å². The number of aryl methyl sites for hydroxylation is 4. The Morgan fingerprint density at radius 1 is 0.828 bits per heavy atom. The Kier molecular flexibility index (Phi) is 5.66. The number of imidazole rings is 1. The highest BCUT2D eigenvalue weighted by atomic mass is 16.5. The fraction of sp³-hybridized carbons (Fsp3) is 0.269. The molecular formula is C26H28N2O. The van der Waals surface area contributed by atoms with Crippen LogP contribution in [0, 0.1) is 20.8 Å². The summed E-state index contributed by atoms with van der Waals surface area (Å²) in [5.41, 5.74) is 7.46. The number of ether oxygens (including phenoxy) is 1.